The van der Waals surface area contributed by atoms with Gasteiger partial charge in [-0.3, -0.25) is 9.79 Å². The maximum Gasteiger partial charge on any atom is 0.222 e. The van der Waals surface area contributed by atoms with E-state index in [1.165, 1.54) is 12.8 Å². The van der Waals surface area contributed by atoms with Crippen LogP contribution in [0.15, 0.2) is 4.99 Å². The fraction of sp³-hybridized carbons (Fsp3) is 0.857. The smallest absolute Gasteiger partial charge is 0.222 e. The van der Waals surface area contributed by atoms with E-state index >= 15 is 0 Å². The number of hydrogen-bond donors (Lipinski definition) is 1. The number of aliphatic imine (C=N–C) groups is 1. The van der Waals surface area contributed by atoms with Crippen LogP contribution in [0.25, 0.3) is 0 Å². The van der Waals surface area contributed by atoms with Crippen LogP contribution in [0.3, 0.4) is 0 Å². The first-order chi connectivity index (χ1) is 9.06. The van der Waals surface area contributed by atoms with E-state index in [-0.39, 0.29) is 29.9 Å². The van der Waals surface area contributed by atoms with Crippen LogP contribution < -0.4 is 5.73 Å². The van der Waals surface area contributed by atoms with Gasteiger partial charge in [0.2, 0.25) is 5.91 Å². The summed E-state index contributed by atoms with van der Waals surface area (Å²) in [6.45, 7) is 5.83. The van der Waals surface area contributed by atoms with Crippen molar-refractivity contribution in [3.8, 4) is 0 Å². The second-order valence-corrected chi connectivity index (χ2v) is 6.07. The lowest BCUT2D eigenvalue weighted by Gasteiger charge is -2.32. The van der Waals surface area contributed by atoms with Crippen molar-refractivity contribution in [3.63, 3.8) is 0 Å². The zero-order valence-electron chi connectivity index (χ0n) is 12.5. The lowest BCUT2D eigenvalue weighted by atomic mass is 9.97. The molecule has 0 radical (unpaired) electrons. The Morgan fingerprint density at radius 3 is 2.80 bits per heavy atom. The minimum absolute atomic E-state index is 0. The van der Waals surface area contributed by atoms with Gasteiger partial charge in [0, 0.05) is 39.6 Å². The number of hydrogen-bond acceptors (Lipinski definition) is 2. The molecule has 2 N–H and O–H groups in total. The number of amides is 1. The zero-order valence-corrected chi connectivity index (χ0v) is 14.9. The first-order valence-corrected chi connectivity index (χ1v) is 7.35. The van der Waals surface area contributed by atoms with Gasteiger partial charge in [-0.25, -0.2) is 0 Å². The molecule has 0 aromatic rings. The van der Waals surface area contributed by atoms with E-state index in [9.17, 15) is 4.79 Å². The Balaban J connectivity index is 0.00000200. The number of piperidine rings is 2. The molecule has 2 saturated heterocycles. The van der Waals surface area contributed by atoms with Crippen LogP contribution in [0.5, 0.6) is 0 Å². The number of carbonyl (C=O) groups is 1. The van der Waals surface area contributed by atoms with Gasteiger partial charge in [0.25, 0.3) is 0 Å². The minimum atomic E-state index is 0. The van der Waals surface area contributed by atoms with Crippen molar-refractivity contribution in [2.45, 2.75) is 32.6 Å². The number of halogens is 1. The van der Waals surface area contributed by atoms with Crippen molar-refractivity contribution >= 4 is 35.8 Å². The quantitative estimate of drug-likeness (QED) is 0.439. The number of rotatable bonds is 2. The molecule has 2 aliphatic heterocycles. The third kappa shape index (κ3) is 4.79. The topological polar surface area (TPSA) is 61.9 Å². The fourth-order valence-electron chi connectivity index (χ4n) is 2.88. The highest BCUT2D eigenvalue weighted by Crippen LogP contribution is 2.18. The number of guanidine groups is 1. The molecule has 2 fully saturated rings. The summed E-state index contributed by atoms with van der Waals surface area (Å²) in [5.41, 5.74) is 6.07. The molecule has 20 heavy (non-hydrogen) atoms. The molecule has 6 heteroatoms. The molecule has 116 valence electrons. The summed E-state index contributed by atoms with van der Waals surface area (Å²) in [5.74, 6) is 1.96. The van der Waals surface area contributed by atoms with E-state index in [1.54, 1.807) is 4.90 Å². The number of nitrogens with two attached hydrogens (primary N) is 1. The summed E-state index contributed by atoms with van der Waals surface area (Å²) in [4.78, 5) is 20.1. The van der Waals surface area contributed by atoms with Crippen LogP contribution in [0.2, 0.25) is 0 Å². The first-order valence-electron chi connectivity index (χ1n) is 7.35. The molecule has 0 saturated carbocycles. The Labute approximate surface area is 139 Å². The molecular formula is C14H27IN4O. The SMILES string of the molecule is CC1CCCN(C(N)=NCC2CCN(C)C(=O)C2)C1.I. The van der Waals surface area contributed by atoms with Crippen molar-refractivity contribution in [2.24, 2.45) is 22.6 Å². The highest BCUT2D eigenvalue weighted by atomic mass is 127. The Morgan fingerprint density at radius 2 is 2.15 bits per heavy atom. The molecule has 2 atom stereocenters. The molecule has 0 aromatic heterocycles. The van der Waals surface area contributed by atoms with Crippen molar-refractivity contribution in [1.29, 1.82) is 0 Å². The molecule has 2 aliphatic rings. The largest absolute Gasteiger partial charge is 0.370 e. The summed E-state index contributed by atoms with van der Waals surface area (Å²) in [6.07, 6.45) is 4.14. The number of nitrogens with zero attached hydrogens (tertiary/aromatic N) is 3. The van der Waals surface area contributed by atoms with Gasteiger partial charge in [-0.15, -0.1) is 24.0 Å². The maximum absolute atomic E-state index is 11.6. The molecule has 2 heterocycles. The monoisotopic (exact) mass is 394 g/mol. The molecule has 0 spiro atoms. The summed E-state index contributed by atoms with van der Waals surface area (Å²) in [5, 5.41) is 0. The second-order valence-electron chi connectivity index (χ2n) is 6.07. The van der Waals surface area contributed by atoms with Gasteiger partial charge in [0.1, 0.15) is 0 Å². The Morgan fingerprint density at radius 1 is 1.40 bits per heavy atom. The van der Waals surface area contributed by atoms with Crippen LogP contribution in [0.1, 0.15) is 32.6 Å². The molecule has 0 aliphatic carbocycles. The summed E-state index contributed by atoms with van der Waals surface area (Å²) >= 11 is 0. The van der Waals surface area contributed by atoms with Gasteiger partial charge in [-0.1, -0.05) is 6.92 Å². The van der Waals surface area contributed by atoms with E-state index in [1.807, 2.05) is 7.05 Å². The minimum Gasteiger partial charge on any atom is -0.370 e. The summed E-state index contributed by atoms with van der Waals surface area (Å²) < 4.78 is 0. The van der Waals surface area contributed by atoms with Crippen molar-refractivity contribution in [1.82, 2.24) is 9.80 Å². The first kappa shape index (κ1) is 17.5. The third-order valence-corrected chi connectivity index (χ3v) is 4.25. The van der Waals surface area contributed by atoms with Gasteiger partial charge in [-0.2, -0.15) is 0 Å². The average molecular weight is 394 g/mol. The van der Waals surface area contributed by atoms with Gasteiger partial charge >= 0.3 is 0 Å². The Bertz CT molecular complexity index is 361. The van der Waals surface area contributed by atoms with Crippen LogP contribution in [-0.4, -0.2) is 54.9 Å². The van der Waals surface area contributed by atoms with Crippen molar-refractivity contribution in [3.05, 3.63) is 0 Å². The molecule has 2 unspecified atom stereocenters. The molecule has 0 aromatic carbocycles. The summed E-state index contributed by atoms with van der Waals surface area (Å²) in [7, 11) is 1.87. The van der Waals surface area contributed by atoms with Crippen molar-refractivity contribution in [2.75, 3.05) is 33.2 Å². The highest BCUT2D eigenvalue weighted by molar-refractivity contribution is 14.0. The predicted octanol–water partition coefficient (Wildman–Crippen LogP) is 1.52. The summed E-state index contributed by atoms with van der Waals surface area (Å²) in [6, 6.07) is 0. The number of likely N-dealkylation sites (tertiary alicyclic amines) is 2. The normalized spacial score (nSPS) is 28.3. The van der Waals surface area contributed by atoms with E-state index in [0.29, 0.717) is 30.8 Å². The molecule has 5 nitrogen and oxygen atoms in total. The average Bonchev–Trinajstić information content (AvgIpc) is 2.40. The third-order valence-electron chi connectivity index (χ3n) is 4.25. The Hall–Kier alpha value is -0.530. The molecule has 2 rings (SSSR count). The molecule has 0 bridgehead atoms. The van der Waals surface area contributed by atoms with E-state index < -0.39 is 0 Å². The maximum atomic E-state index is 11.6. The molecular weight excluding hydrogens is 367 g/mol. The fourth-order valence-corrected chi connectivity index (χ4v) is 2.88. The van der Waals surface area contributed by atoms with Crippen LogP contribution in [-0.2, 0) is 4.79 Å². The van der Waals surface area contributed by atoms with Crippen LogP contribution in [0, 0.1) is 11.8 Å². The zero-order chi connectivity index (χ0) is 13.8. The lowest BCUT2D eigenvalue weighted by molar-refractivity contribution is -0.133. The van der Waals surface area contributed by atoms with Crippen molar-refractivity contribution < 1.29 is 4.79 Å². The van der Waals surface area contributed by atoms with Gasteiger partial charge in [0.15, 0.2) is 5.96 Å². The Kier molecular flexibility index (Phi) is 7.05. The van der Waals surface area contributed by atoms with Crippen LogP contribution in [0.4, 0.5) is 0 Å². The van der Waals surface area contributed by atoms with Gasteiger partial charge in [-0.05, 0) is 31.1 Å². The van der Waals surface area contributed by atoms with E-state index in [0.717, 1.165) is 26.1 Å². The van der Waals surface area contributed by atoms with E-state index in [4.69, 9.17) is 5.73 Å². The van der Waals surface area contributed by atoms with E-state index in [2.05, 4.69) is 16.8 Å². The second kappa shape index (κ2) is 8.05. The highest BCUT2D eigenvalue weighted by Gasteiger charge is 2.23. The standard InChI is InChI=1S/C14H26N4O.HI/c1-11-4-3-6-18(10-11)14(15)16-9-12-5-7-17(2)13(19)8-12;/h11-12H,3-10H2,1-2H3,(H2,15,16);1H. The van der Waals surface area contributed by atoms with Crippen LogP contribution >= 0.6 is 24.0 Å². The number of carbonyl (C=O) groups excluding carboxylic acids is 1. The lowest BCUT2D eigenvalue weighted by Crippen LogP contribution is -2.44. The van der Waals surface area contributed by atoms with Gasteiger partial charge in [0.05, 0.1) is 0 Å². The predicted molar refractivity (Wildman–Crippen MR) is 92.2 cm³/mol. The molecule has 1 amide bonds. The van der Waals surface area contributed by atoms with Gasteiger partial charge < -0.3 is 15.5 Å².